The molecule has 1 aromatic carbocycles. The molecule has 3 rings (SSSR count). The van der Waals surface area contributed by atoms with E-state index < -0.39 is 0 Å². The second-order valence-corrected chi connectivity index (χ2v) is 7.05. The van der Waals surface area contributed by atoms with Gasteiger partial charge in [0, 0.05) is 30.4 Å². The lowest BCUT2D eigenvalue weighted by Gasteiger charge is -2.48. The lowest BCUT2D eigenvalue weighted by molar-refractivity contribution is 0.252. The van der Waals surface area contributed by atoms with Crippen LogP contribution in [-0.4, -0.2) is 24.7 Å². The molecule has 2 fully saturated rings. The van der Waals surface area contributed by atoms with Crippen LogP contribution in [0.2, 0.25) is 0 Å². The third-order valence-corrected chi connectivity index (χ3v) is 5.30. The topological polar surface area (TPSA) is 15.3 Å². The SMILES string of the molecule is CCC1CNC(C)(C2CC2)CN1c1cc(C)ccc1C. The molecule has 2 nitrogen and oxygen atoms in total. The molecule has 2 atom stereocenters. The minimum absolute atomic E-state index is 0.307. The molecule has 20 heavy (non-hydrogen) atoms. The summed E-state index contributed by atoms with van der Waals surface area (Å²) in [5.74, 6) is 0.882. The number of hydrogen-bond donors (Lipinski definition) is 1. The number of benzene rings is 1. The highest BCUT2D eigenvalue weighted by molar-refractivity contribution is 5.56. The molecule has 1 aromatic rings. The number of piperazine rings is 1. The van der Waals surface area contributed by atoms with Crippen LogP contribution in [0.1, 0.15) is 44.2 Å². The van der Waals surface area contributed by atoms with Crippen LogP contribution in [0.4, 0.5) is 5.69 Å². The summed E-state index contributed by atoms with van der Waals surface area (Å²) in [7, 11) is 0. The Balaban J connectivity index is 1.92. The summed E-state index contributed by atoms with van der Waals surface area (Å²) in [6, 6.07) is 7.49. The van der Waals surface area contributed by atoms with E-state index in [2.05, 4.69) is 56.1 Å². The van der Waals surface area contributed by atoms with Crippen molar-refractivity contribution in [2.45, 2.75) is 58.5 Å². The Hall–Kier alpha value is -1.02. The summed E-state index contributed by atoms with van der Waals surface area (Å²) in [6.07, 6.45) is 4.02. The molecule has 1 aliphatic carbocycles. The minimum atomic E-state index is 0.307. The maximum absolute atomic E-state index is 3.85. The van der Waals surface area contributed by atoms with Crippen molar-refractivity contribution in [1.29, 1.82) is 0 Å². The second-order valence-electron chi connectivity index (χ2n) is 7.05. The highest BCUT2D eigenvalue weighted by Crippen LogP contribution is 2.42. The van der Waals surface area contributed by atoms with Gasteiger partial charge in [0.25, 0.3) is 0 Å². The first kappa shape index (κ1) is 13.9. The molecule has 110 valence electrons. The van der Waals surface area contributed by atoms with Crippen LogP contribution in [0, 0.1) is 19.8 Å². The van der Waals surface area contributed by atoms with E-state index in [1.165, 1.54) is 36.1 Å². The van der Waals surface area contributed by atoms with Crippen molar-refractivity contribution in [2.75, 3.05) is 18.0 Å². The van der Waals surface area contributed by atoms with Gasteiger partial charge in [0.15, 0.2) is 0 Å². The van der Waals surface area contributed by atoms with E-state index in [1.54, 1.807) is 0 Å². The zero-order valence-electron chi connectivity index (χ0n) is 13.4. The lowest BCUT2D eigenvalue weighted by Crippen LogP contribution is -2.64. The smallest absolute Gasteiger partial charge is 0.0413 e. The molecule has 0 spiro atoms. The second kappa shape index (κ2) is 5.07. The summed E-state index contributed by atoms with van der Waals surface area (Å²) in [6.45, 7) is 11.5. The van der Waals surface area contributed by atoms with Gasteiger partial charge in [-0.1, -0.05) is 19.1 Å². The number of nitrogens with one attached hydrogen (secondary N) is 1. The van der Waals surface area contributed by atoms with Gasteiger partial charge < -0.3 is 10.2 Å². The molecular weight excluding hydrogens is 244 g/mol. The van der Waals surface area contributed by atoms with Crippen LogP contribution in [0.5, 0.6) is 0 Å². The summed E-state index contributed by atoms with van der Waals surface area (Å²) >= 11 is 0. The maximum Gasteiger partial charge on any atom is 0.0413 e. The molecule has 0 radical (unpaired) electrons. The molecule has 0 amide bonds. The molecule has 2 heteroatoms. The summed E-state index contributed by atoms with van der Waals surface area (Å²) in [5.41, 5.74) is 4.54. The molecule has 1 saturated heterocycles. The normalized spacial score (nSPS) is 30.6. The third kappa shape index (κ3) is 2.46. The molecule has 2 aliphatic rings. The molecule has 0 aromatic heterocycles. The Morgan fingerprint density at radius 2 is 2.05 bits per heavy atom. The number of nitrogens with zero attached hydrogens (tertiary/aromatic N) is 1. The molecule has 2 unspecified atom stereocenters. The number of anilines is 1. The van der Waals surface area contributed by atoms with Crippen LogP contribution >= 0.6 is 0 Å². The van der Waals surface area contributed by atoms with Crippen molar-refractivity contribution in [3.05, 3.63) is 29.3 Å². The van der Waals surface area contributed by atoms with E-state index in [0.29, 0.717) is 11.6 Å². The van der Waals surface area contributed by atoms with Gasteiger partial charge in [0.1, 0.15) is 0 Å². The van der Waals surface area contributed by atoms with Gasteiger partial charge in [-0.05, 0) is 63.1 Å². The molecule has 0 bridgehead atoms. The average Bonchev–Trinajstić information content (AvgIpc) is 3.26. The van der Waals surface area contributed by atoms with Crippen molar-refractivity contribution in [3.8, 4) is 0 Å². The zero-order valence-corrected chi connectivity index (χ0v) is 13.4. The van der Waals surface area contributed by atoms with E-state index in [-0.39, 0.29) is 0 Å². The first-order valence-electron chi connectivity index (χ1n) is 8.12. The zero-order chi connectivity index (χ0) is 14.3. The molecular formula is C18H28N2. The average molecular weight is 272 g/mol. The predicted octanol–water partition coefficient (Wildman–Crippen LogP) is 3.66. The van der Waals surface area contributed by atoms with Crippen LogP contribution in [0.3, 0.4) is 0 Å². The Labute approximate surface area is 123 Å². The first-order chi connectivity index (χ1) is 9.53. The fraction of sp³-hybridized carbons (Fsp3) is 0.667. The van der Waals surface area contributed by atoms with E-state index in [0.717, 1.165) is 19.0 Å². The van der Waals surface area contributed by atoms with Gasteiger partial charge in [-0.25, -0.2) is 0 Å². The molecule has 1 N–H and O–H groups in total. The fourth-order valence-corrected chi connectivity index (χ4v) is 3.67. The molecule has 1 saturated carbocycles. The number of rotatable bonds is 3. The highest BCUT2D eigenvalue weighted by atomic mass is 15.3. The van der Waals surface area contributed by atoms with Gasteiger partial charge >= 0.3 is 0 Å². The summed E-state index contributed by atoms with van der Waals surface area (Å²) in [4.78, 5) is 2.68. The van der Waals surface area contributed by atoms with Gasteiger partial charge in [-0.15, -0.1) is 0 Å². The van der Waals surface area contributed by atoms with Crippen LogP contribution in [0.25, 0.3) is 0 Å². The Bertz CT molecular complexity index is 492. The number of hydrogen-bond acceptors (Lipinski definition) is 2. The summed E-state index contributed by atoms with van der Waals surface area (Å²) in [5, 5.41) is 3.85. The largest absolute Gasteiger partial charge is 0.365 e. The maximum atomic E-state index is 3.85. The Morgan fingerprint density at radius 3 is 2.70 bits per heavy atom. The molecule has 1 aliphatic heterocycles. The van der Waals surface area contributed by atoms with Crippen molar-refractivity contribution in [3.63, 3.8) is 0 Å². The first-order valence-corrected chi connectivity index (χ1v) is 8.12. The van der Waals surface area contributed by atoms with Crippen molar-refractivity contribution in [2.24, 2.45) is 5.92 Å². The Morgan fingerprint density at radius 1 is 1.30 bits per heavy atom. The van der Waals surface area contributed by atoms with Gasteiger partial charge in [-0.3, -0.25) is 0 Å². The highest BCUT2D eigenvalue weighted by Gasteiger charge is 2.45. The van der Waals surface area contributed by atoms with E-state index >= 15 is 0 Å². The van der Waals surface area contributed by atoms with Crippen LogP contribution in [-0.2, 0) is 0 Å². The summed E-state index contributed by atoms with van der Waals surface area (Å²) < 4.78 is 0. The number of aryl methyl sites for hydroxylation is 2. The molecule has 1 heterocycles. The quantitative estimate of drug-likeness (QED) is 0.903. The van der Waals surface area contributed by atoms with Gasteiger partial charge in [0.2, 0.25) is 0 Å². The lowest BCUT2D eigenvalue weighted by atomic mass is 9.89. The predicted molar refractivity (Wildman–Crippen MR) is 86.5 cm³/mol. The van der Waals surface area contributed by atoms with E-state index in [9.17, 15) is 0 Å². The fourth-order valence-electron chi connectivity index (χ4n) is 3.67. The van der Waals surface area contributed by atoms with Gasteiger partial charge in [-0.2, -0.15) is 0 Å². The van der Waals surface area contributed by atoms with Crippen molar-refractivity contribution >= 4 is 5.69 Å². The monoisotopic (exact) mass is 272 g/mol. The Kier molecular flexibility index (Phi) is 3.53. The van der Waals surface area contributed by atoms with Crippen molar-refractivity contribution in [1.82, 2.24) is 5.32 Å². The van der Waals surface area contributed by atoms with E-state index in [1.807, 2.05) is 0 Å². The van der Waals surface area contributed by atoms with Gasteiger partial charge in [0.05, 0.1) is 0 Å². The standard InChI is InChI=1S/C18H28N2/c1-5-16-11-19-18(4,15-8-9-15)12-20(16)17-10-13(2)6-7-14(17)3/h6-7,10,15-16,19H,5,8-9,11-12H2,1-4H3. The van der Waals surface area contributed by atoms with Crippen LogP contribution in [0.15, 0.2) is 18.2 Å². The van der Waals surface area contributed by atoms with Crippen LogP contribution < -0.4 is 10.2 Å². The van der Waals surface area contributed by atoms with E-state index in [4.69, 9.17) is 0 Å². The van der Waals surface area contributed by atoms with Crippen molar-refractivity contribution < 1.29 is 0 Å². The third-order valence-electron chi connectivity index (χ3n) is 5.30. The minimum Gasteiger partial charge on any atom is -0.365 e.